The normalized spacial score (nSPS) is 10.1. The van der Waals surface area contributed by atoms with Crippen LogP contribution >= 0.6 is 15.9 Å². The lowest BCUT2D eigenvalue weighted by Crippen LogP contribution is -2.15. The molecule has 0 heterocycles. The molecule has 19 heavy (non-hydrogen) atoms. The van der Waals surface area contributed by atoms with Crippen molar-refractivity contribution in [2.24, 2.45) is 0 Å². The maximum atomic E-state index is 11.4. The minimum Gasteiger partial charge on any atom is -0.465 e. The number of halogens is 1. The molecule has 0 aromatic heterocycles. The Hall–Kier alpha value is -1.88. The number of hydrogen-bond donors (Lipinski definition) is 0. The number of carbonyl (C=O) groups excluding carboxylic acids is 2. The van der Waals surface area contributed by atoms with E-state index in [4.69, 9.17) is 0 Å². The van der Waals surface area contributed by atoms with Gasteiger partial charge in [-0.2, -0.15) is 0 Å². The molecule has 1 rings (SSSR count). The Morgan fingerprint density at radius 1 is 1.05 bits per heavy atom. The van der Waals surface area contributed by atoms with E-state index >= 15 is 0 Å². The number of benzene rings is 1. The molecular formula is C14H13BrO4. The first-order chi connectivity index (χ1) is 9.08. The fraction of sp³-hybridized carbons (Fsp3) is 0.143. The summed E-state index contributed by atoms with van der Waals surface area (Å²) in [6.45, 7) is 0. The molecule has 0 saturated carbocycles. The monoisotopic (exact) mass is 324 g/mol. The summed E-state index contributed by atoms with van der Waals surface area (Å²) < 4.78 is 9.99. The fourth-order valence-corrected chi connectivity index (χ4v) is 1.53. The van der Waals surface area contributed by atoms with Gasteiger partial charge in [-0.3, -0.25) is 0 Å². The number of allylic oxidation sites excluding steroid dienone is 2. The molecule has 0 fully saturated rings. The van der Waals surface area contributed by atoms with Gasteiger partial charge in [0, 0.05) is 4.47 Å². The predicted molar refractivity (Wildman–Crippen MR) is 75.3 cm³/mol. The summed E-state index contributed by atoms with van der Waals surface area (Å²) >= 11 is 3.34. The molecule has 0 unspecified atom stereocenters. The van der Waals surface area contributed by atoms with Crippen LogP contribution in [0, 0.1) is 0 Å². The lowest BCUT2D eigenvalue weighted by Gasteiger charge is -2.01. The summed E-state index contributed by atoms with van der Waals surface area (Å²) in [4.78, 5) is 22.7. The molecule has 0 amide bonds. The van der Waals surface area contributed by atoms with Crippen LogP contribution in [0.4, 0.5) is 0 Å². The van der Waals surface area contributed by atoms with Crippen molar-refractivity contribution in [1.29, 1.82) is 0 Å². The highest BCUT2D eigenvalue weighted by molar-refractivity contribution is 9.10. The van der Waals surface area contributed by atoms with E-state index in [9.17, 15) is 9.59 Å². The minimum absolute atomic E-state index is 0.154. The zero-order valence-corrected chi connectivity index (χ0v) is 12.1. The Labute approximate surface area is 119 Å². The van der Waals surface area contributed by atoms with E-state index < -0.39 is 11.9 Å². The second-order valence-electron chi connectivity index (χ2n) is 3.47. The molecule has 0 atom stereocenters. The third-order valence-corrected chi connectivity index (χ3v) is 2.76. The first-order valence-corrected chi connectivity index (χ1v) is 6.18. The molecule has 0 saturated heterocycles. The zero-order valence-electron chi connectivity index (χ0n) is 10.6. The molecule has 0 spiro atoms. The maximum Gasteiger partial charge on any atom is 0.345 e. The Bertz CT molecular complexity index is 497. The van der Waals surface area contributed by atoms with E-state index in [1.54, 1.807) is 12.2 Å². The molecule has 1 aromatic carbocycles. The largest absolute Gasteiger partial charge is 0.465 e. The number of ether oxygens (including phenoxy) is 2. The van der Waals surface area contributed by atoms with Crippen molar-refractivity contribution in [3.05, 3.63) is 52.0 Å². The zero-order chi connectivity index (χ0) is 14.3. The molecule has 0 N–H and O–H groups in total. The average Bonchev–Trinajstić information content (AvgIpc) is 2.44. The third kappa shape index (κ3) is 4.71. The van der Waals surface area contributed by atoms with Gasteiger partial charge in [-0.1, -0.05) is 40.2 Å². The van der Waals surface area contributed by atoms with E-state index in [0.717, 1.165) is 10.0 Å². The number of carbonyl (C=O) groups is 2. The predicted octanol–water partition coefficient (Wildman–Crippen LogP) is 2.73. The van der Waals surface area contributed by atoms with Gasteiger partial charge in [-0.25, -0.2) is 9.59 Å². The second kappa shape index (κ2) is 7.53. The number of esters is 2. The van der Waals surface area contributed by atoms with Crippen molar-refractivity contribution in [2.45, 2.75) is 0 Å². The third-order valence-electron chi connectivity index (χ3n) is 2.23. The summed E-state index contributed by atoms with van der Waals surface area (Å²) in [5.74, 6) is -1.46. The molecule has 1 aromatic rings. The molecule has 5 heteroatoms. The van der Waals surface area contributed by atoms with Crippen LogP contribution in [0.2, 0.25) is 0 Å². The van der Waals surface area contributed by atoms with Crippen molar-refractivity contribution in [3.63, 3.8) is 0 Å². The number of hydrogen-bond acceptors (Lipinski definition) is 4. The lowest BCUT2D eigenvalue weighted by molar-refractivity contribution is -0.144. The van der Waals surface area contributed by atoms with Crippen LogP contribution in [0.15, 0.2) is 46.5 Å². The smallest absolute Gasteiger partial charge is 0.345 e. The van der Waals surface area contributed by atoms with Crippen LogP contribution in [0.25, 0.3) is 6.08 Å². The van der Waals surface area contributed by atoms with Crippen molar-refractivity contribution in [1.82, 2.24) is 0 Å². The van der Waals surface area contributed by atoms with E-state index in [-0.39, 0.29) is 5.57 Å². The van der Waals surface area contributed by atoms with Crippen molar-refractivity contribution < 1.29 is 19.1 Å². The Kier molecular flexibility index (Phi) is 6.02. The van der Waals surface area contributed by atoms with Crippen LogP contribution in [0.3, 0.4) is 0 Å². The molecule has 0 bridgehead atoms. The van der Waals surface area contributed by atoms with Crippen LogP contribution in [-0.2, 0) is 19.1 Å². The summed E-state index contributed by atoms with van der Waals surface area (Å²) in [7, 11) is 2.41. The van der Waals surface area contributed by atoms with Crippen LogP contribution < -0.4 is 0 Å². The van der Waals surface area contributed by atoms with Gasteiger partial charge >= 0.3 is 11.9 Å². The van der Waals surface area contributed by atoms with Gasteiger partial charge in [-0.15, -0.1) is 0 Å². The summed E-state index contributed by atoms with van der Waals surface area (Å²) in [6, 6.07) is 7.57. The Morgan fingerprint density at radius 3 is 2.05 bits per heavy atom. The van der Waals surface area contributed by atoms with E-state index in [1.165, 1.54) is 20.3 Å². The SMILES string of the molecule is COC(=O)C(=C/C=C\c1ccc(Br)cc1)C(=O)OC. The van der Waals surface area contributed by atoms with Gasteiger partial charge in [0.25, 0.3) is 0 Å². The van der Waals surface area contributed by atoms with Crippen molar-refractivity contribution in [3.8, 4) is 0 Å². The second-order valence-corrected chi connectivity index (χ2v) is 4.39. The maximum absolute atomic E-state index is 11.4. The highest BCUT2D eigenvalue weighted by Crippen LogP contribution is 2.12. The van der Waals surface area contributed by atoms with E-state index in [0.29, 0.717) is 0 Å². The van der Waals surface area contributed by atoms with Gasteiger partial charge in [0.05, 0.1) is 14.2 Å². The molecule has 0 aliphatic heterocycles. The van der Waals surface area contributed by atoms with Gasteiger partial charge in [0.15, 0.2) is 0 Å². The topological polar surface area (TPSA) is 52.6 Å². The highest BCUT2D eigenvalue weighted by Gasteiger charge is 2.18. The standard InChI is InChI=1S/C14H13BrO4/c1-18-13(16)12(14(17)19-2)5-3-4-10-6-8-11(15)9-7-10/h3-9H,1-2H3/b4-3-. The van der Waals surface area contributed by atoms with Gasteiger partial charge in [0.2, 0.25) is 0 Å². The number of rotatable bonds is 4. The molecular weight excluding hydrogens is 312 g/mol. The summed E-state index contributed by atoms with van der Waals surface area (Å²) in [6.07, 6.45) is 4.71. The minimum atomic E-state index is -0.729. The van der Waals surface area contributed by atoms with Crippen molar-refractivity contribution >= 4 is 33.9 Å². The van der Waals surface area contributed by atoms with Gasteiger partial charge in [0.1, 0.15) is 5.57 Å². The van der Waals surface area contributed by atoms with E-state index in [1.807, 2.05) is 24.3 Å². The highest BCUT2D eigenvalue weighted by atomic mass is 79.9. The fourth-order valence-electron chi connectivity index (χ4n) is 1.27. The molecule has 4 nitrogen and oxygen atoms in total. The summed E-state index contributed by atoms with van der Waals surface area (Å²) in [5, 5.41) is 0. The summed E-state index contributed by atoms with van der Waals surface area (Å²) in [5.41, 5.74) is 0.784. The molecule has 0 aliphatic carbocycles. The molecule has 100 valence electrons. The Balaban J connectivity index is 2.88. The Morgan fingerprint density at radius 2 is 1.58 bits per heavy atom. The van der Waals surface area contributed by atoms with Gasteiger partial charge < -0.3 is 9.47 Å². The molecule has 0 radical (unpaired) electrons. The van der Waals surface area contributed by atoms with Gasteiger partial charge in [-0.05, 0) is 23.8 Å². The van der Waals surface area contributed by atoms with Crippen molar-refractivity contribution in [2.75, 3.05) is 14.2 Å². The number of methoxy groups -OCH3 is 2. The average molecular weight is 325 g/mol. The van der Waals surface area contributed by atoms with Crippen LogP contribution in [0.5, 0.6) is 0 Å². The quantitative estimate of drug-likeness (QED) is 0.281. The van der Waals surface area contributed by atoms with Crippen LogP contribution in [0.1, 0.15) is 5.56 Å². The van der Waals surface area contributed by atoms with E-state index in [2.05, 4.69) is 25.4 Å². The first kappa shape index (κ1) is 15.2. The lowest BCUT2D eigenvalue weighted by atomic mass is 10.2. The van der Waals surface area contributed by atoms with Crippen LogP contribution in [-0.4, -0.2) is 26.2 Å². The molecule has 0 aliphatic rings. The first-order valence-electron chi connectivity index (χ1n) is 5.39.